The van der Waals surface area contributed by atoms with Crippen molar-refractivity contribution in [1.29, 1.82) is 0 Å². The van der Waals surface area contributed by atoms with Crippen LogP contribution in [0, 0.1) is 13.8 Å². The molecular weight excluding hydrogens is 354 g/mol. The zero-order valence-electron chi connectivity index (χ0n) is 15.6. The number of rotatable bonds is 6. The number of aromatic nitrogens is 2. The molecule has 1 aromatic heterocycles. The number of carbonyl (C=O) groups is 2. The van der Waals surface area contributed by atoms with E-state index in [1.807, 2.05) is 26.0 Å². The molecule has 0 saturated heterocycles. The van der Waals surface area contributed by atoms with E-state index in [4.69, 9.17) is 9.47 Å². The van der Waals surface area contributed by atoms with Gasteiger partial charge in [0.15, 0.2) is 13.2 Å². The van der Waals surface area contributed by atoms with Gasteiger partial charge >= 0.3 is 11.7 Å². The molecule has 0 aliphatic rings. The molecule has 1 heterocycles. The topological polar surface area (TPSA) is 109 Å². The summed E-state index contributed by atoms with van der Waals surface area (Å²) in [5.74, 6) is -0.829. The molecule has 0 aliphatic carbocycles. The highest BCUT2D eigenvalue weighted by Gasteiger charge is 2.12. The molecule has 9 nitrogen and oxygen atoms in total. The van der Waals surface area contributed by atoms with E-state index in [1.165, 1.54) is 14.1 Å². The van der Waals surface area contributed by atoms with Gasteiger partial charge in [0.1, 0.15) is 11.6 Å². The number of benzene rings is 1. The Bertz CT molecular complexity index is 990. The van der Waals surface area contributed by atoms with Crippen LogP contribution in [0.1, 0.15) is 11.1 Å². The molecule has 2 rings (SSSR count). The maximum Gasteiger partial charge on any atom is 0.344 e. The summed E-state index contributed by atoms with van der Waals surface area (Å²) >= 11 is 0. The van der Waals surface area contributed by atoms with Gasteiger partial charge in [0.05, 0.1) is 0 Å². The quantitative estimate of drug-likeness (QED) is 0.726. The fraction of sp³-hybridized carbons (Fsp3) is 0.333. The Morgan fingerprint density at radius 1 is 1.04 bits per heavy atom. The normalized spacial score (nSPS) is 10.4. The summed E-state index contributed by atoms with van der Waals surface area (Å²) in [6, 6.07) is 6.70. The first-order chi connectivity index (χ1) is 12.7. The minimum Gasteiger partial charge on any atom is -0.482 e. The summed E-state index contributed by atoms with van der Waals surface area (Å²) in [6.07, 6.45) is 0. The van der Waals surface area contributed by atoms with Crippen molar-refractivity contribution in [3.63, 3.8) is 0 Å². The molecule has 0 atom stereocenters. The molecule has 27 heavy (non-hydrogen) atoms. The smallest absolute Gasteiger partial charge is 0.344 e. The number of nitrogens with zero attached hydrogens (tertiary/aromatic N) is 2. The summed E-state index contributed by atoms with van der Waals surface area (Å²) in [5.41, 5.74) is 0.713. The molecule has 2 aromatic rings. The molecule has 0 unspecified atom stereocenters. The van der Waals surface area contributed by atoms with Crippen molar-refractivity contribution < 1.29 is 19.1 Å². The van der Waals surface area contributed by atoms with Crippen LogP contribution in [0.4, 0.5) is 5.82 Å². The highest BCUT2D eigenvalue weighted by molar-refractivity contribution is 5.92. The van der Waals surface area contributed by atoms with Crippen LogP contribution in [0.15, 0.2) is 33.9 Å². The first-order valence-corrected chi connectivity index (χ1v) is 8.11. The van der Waals surface area contributed by atoms with E-state index in [9.17, 15) is 19.2 Å². The Labute approximate surface area is 155 Å². The number of amides is 1. The average molecular weight is 375 g/mol. The fourth-order valence-corrected chi connectivity index (χ4v) is 2.22. The molecular formula is C18H21N3O6. The first kappa shape index (κ1) is 20.0. The lowest BCUT2D eigenvalue weighted by molar-refractivity contribution is -0.149. The van der Waals surface area contributed by atoms with E-state index < -0.39 is 29.7 Å². The van der Waals surface area contributed by atoms with Crippen molar-refractivity contribution in [3.8, 4) is 5.75 Å². The highest BCUT2D eigenvalue weighted by Crippen LogP contribution is 2.18. The number of carbonyl (C=O) groups excluding carboxylic acids is 2. The van der Waals surface area contributed by atoms with Gasteiger partial charge in [0, 0.05) is 20.2 Å². The standard InChI is InChI=1S/C18H21N3O6/c1-11-5-6-12(2)13(7-11)26-10-17(24)27-9-15(22)19-14-8-16(23)21(4)18(25)20(14)3/h5-8H,9-10H2,1-4H3,(H,19,22). The van der Waals surface area contributed by atoms with Crippen LogP contribution in [0.5, 0.6) is 5.75 Å². The summed E-state index contributed by atoms with van der Waals surface area (Å²) in [7, 11) is 2.73. The molecule has 0 aliphatic heterocycles. The van der Waals surface area contributed by atoms with Gasteiger partial charge in [0.25, 0.3) is 11.5 Å². The summed E-state index contributed by atoms with van der Waals surface area (Å²) < 4.78 is 12.2. The van der Waals surface area contributed by atoms with Crippen molar-refractivity contribution in [3.05, 3.63) is 56.2 Å². The van der Waals surface area contributed by atoms with Crippen molar-refractivity contribution in [2.75, 3.05) is 18.5 Å². The number of hydrogen-bond acceptors (Lipinski definition) is 6. The van der Waals surface area contributed by atoms with Crippen LogP contribution in [-0.4, -0.2) is 34.2 Å². The molecule has 1 aromatic carbocycles. The van der Waals surface area contributed by atoms with Crippen molar-refractivity contribution in [2.24, 2.45) is 14.1 Å². The number of anilines is 1. The third kappa shape index (κ3) is 5.06. The molecule has 0 spiro atoms. The maximum absolute atomic E-state index is 11.9. The Morgan fingerprint density at radius 3 is 2.44 bits per heavy atom. The summed E-state index contributed by atoms with van der Waals surface area (Å²) in [4.78, 5) is 47.1. The van der Waals surface area contributed by atoms with Crippen molar-refractivity contribution in [1.82, 2.24) is 9.13 Å². The minimum absolute atomic E-state index is 0.00999. The second-order valence-corrected chi connectivity index (χ2v) is 6.03. The van der Waals surface area contributed by atoms with E-state index in [-0.39, 0.29) is 12.4 Å². The molecule has 0 saturated carbocycles. The monoisotopic (exact) mass is 375 g/mol. The molecule has 0 radical (unpaired) electrons. The zero-order valence-corrected chi connectivity index (χ0v) is 15.6. The van der Waals surface area contributed by atoms with Crippen LogP contribution in [0.25, 0.3) is 0 Å². The van der Waals surface area contributed by atoms with Gasteiger partial charge < -0.3 is 14.8 Å². The van der Waals surface area contributed by atoms with E-state index in [0.717, 1.165) is 26.3 Å². The van der Waals surface area contributed by atoms with Crippen molar-refractivity contribution in [2.45, 2.75) is 13.8 Å². The number of aryl methyl sites for hydroxylation is 2. The van der Waals surface area contributed by atoms with Gasteiger partial charge in [-0.05, 0) is 31.0 Å². The maximum atomic E-state index is 11.9. The highest BCUT2D eigenvalue weighted by atomic mass is 16.6. The SMILES string of the molecule is Cc1ccc(C)c(OCC(=O)OCC(=O)Nc2cc(=O)n(C)c(=O)n2C)c1. The Morgan fingerprint density at radius 2 is 1.74 bits per heavy atom. The molecule has 0 bridgehead atoms. The van der Waals surface area contributed by atoms with E-state index in [2.05, 4.69) is 5.32 Å². The van der Waals surface area contributed by atoms with Gasteiger partial charge in [-0.3, -0.25) is 18.7 Å². The Hall–Kier alpha value is -3.36. The number of esters is 1. The third-order valence-electron chi connectivity index (χ3n) is 3.85. The van der Waals surface area contributed by atoms with E-state index in [0.29, 0.717) is 5.75 Å². The lowest BCUT2D eigenvalue weighted by Gasteiger charge is -2.12. The van der Waals surface area contributed by atoms with Gasteiger partial charge in [-0.25, -0.2) is 9.59 Å². The second kappa shape index (κ2) is 8.35. The zero-order chi connectivity index (χ0) is 20.1. The number of ether oxygens (including phenoxy) is 2. The van der Waals surface area contributed by atoms with Crippen molar-refractivity contribution >= 4 is 17.7 Å². The Balaban J connectivity index is 1.88. The molecule has 1 amide bonds. The van der Waals surface area contributed by atoms with Crippen LogP contribution >= 0.6 is 0 Å². The predicted molar refractivity (Wildman–Crippen MR) is 97.9 cm³/mol. The van der Waals surface area contributed by atoms with Crippen LogP contribution in [0.3, 0.4) is 0 Å². The second-order valence-electron chi connectivity index (χ2n) is 6.03. The summed E-state index contributed by atoms with van der Waals surface area (Å²) in [6.45, 7) is 2.83. The lowest BCUT2D eigenvalue weighted by atomic mass is 10.1. The van der Waals surface area contributed by atoms with E-state index >= 15 is 0 Å². The van der Waals surface area contributed by atoms with Crippen LogP contribution in [0.2, 0.25) is 0 Å². The third-order valence-corrected chi connectivity index (χ3v) is 3.85. The molecule has 1 N–H and O–H groups in total. The largest absolute Gasteiger partial charge is 0.482 e. The number of nitrogens with one attached hydrogen (secondary N) is 1. The predicted octanol–water partition coefficient (Wildman–Crippen LogP) is 0.262. The fourth-order valence-electron chi connectivity index (χ4n) is 2.22. The number of hydrogen-bond donors (Lipinski definition) is 1. The van der Waals surface area contributed by atoms with Gasteiger partial charge in [-0.2, -0.15) is 0 Å². The minimum atomic E-state index is -0.719. The lowest BCUT2D eigenvalue weighted by Crippen LogP contribution is -2.38. The molecule has 9 heteroatoms. The Kier molecular flexibility index (Phi) is 6.17. The van der Waals surface area contributed by atoms with Gasteiger partial charge in [0.2, 0.25) is 0 Å². The van der Waals surface area contributed by atoms with Gasteiger partial charge in [-0.1, -0.05) is 12.1 Å². The van der Waals surface area contributed by atoms with Crippen LogP contribution < -0.4 is 21.3 Å². The van der Waals surface area contributed by atoms with Crippen LogP contribution in [-0.2, 0) is 28.4 Å². The van der Waals surface area contributed by atoms with E-state index in [1.54, 1.807) is 6.07 Å². The summed E-state index contributed by atoms with van der Waals surface area (Å²) in [5, 5.41) is 2.36. The average Bonchev–Trinajstić information content (AvgIpc) is 2.63. The first-order valence-electron chi connectivity index (χ1n) is 8.11. The molecule has 144 valence electrons. The van der Waals surface area contributed by atoms with Gasteiger partial charge in [-0.15, -0.1) is 0 Å². The molecule has 0 fully saturated rings.